The van der Waals surface area contributed by atoms with Crippen molar-refractivity contribution in [2.75, 3.05) is 11.5 Å². The zero-order valence-corrected chi connectivity index (χ0v) is 22.1. The van der Waals surface area contributed by atoms with E-state index in [2.05, 4.69) is 20.3 Å². The third-order valence-electron chi connectivity index (χ3n) is 5.58. The van der Waals surface area contributed by atoms with Gasteiger partial charge in [-0.1, -0.05) is 35.3 Å². The summed E-state index contributed by atoms with van der Waals surface area (Å²) in [5.41, 5.74) is 17.1. The number of benzene rings is 2. The Kier molecular flexibility index (Phi) is 7.18. The van der Waals surface area contributed by atoms with Crippen LogP contribution in [-0.2, 0) is 13.0 Å². The summed E-state index contributed by atoms with van der Waals surface area (Å²) in [6.07, 6.45) is 4.33. The Labute approximate surface area is 227 Å². The van der Waals surface area contributed by atoms with Crippen LogP contribution in [0.4, 0.5) is 23.0 Å². The molecule has 8 nitrogen and oxygen atoms in total. The van der Waals surface area contributed by atoms with Crippen LogP contribution in [0.5, 0.6) is 0 Å². The summed E-state index contributed by atoms with van der Waals surface area (Å²) in [6.45, 7) is 2.62. The zero-order valence-electron chi connectivity index (χ0n) is 19.8. The average Bonchev–Trinajstić information content (AvgIpc) is 3.46. The van der Waals surface area contributed by atoms with E-state index in [0.29, 0.717) is 40.2 Å². The van der Waals surface area contributed by atoms with Gasteiger partial charge >= 0.3 is 0 Å². The molecule has 0 atom stereocenters. The maximum absolute atomic E-state index is 6.15. The first-order valence-corrected chi connectivity index (χ1v) is 12.9. The number of aromatic nitrogens is 4. The molecule has 4 N–H and O–H groups in total. The van der Waals surface area contributed by atoms with Crippen LogP contribution in [0.2, 0.25) is 10.0 Å². The molecule has 0 saturated heterocycles. The second-order valence-corrected chi connectivity index (χ2v) is 10.3. The third kappa shape index (κ3) is 5.96. The highest BCUT2D eigenvalue weighted by Gasteiger charge is 2.14. The minimum atomic E-state index is 0.218. The molecule has 0 aliphatic carbocycles. The molecule has 186 valence electrons. The molecule has 0 bridgehead atoms. The Balaban J connectivity index is 1.35. The molecule has 0 saturated carbocycles. The van der Waals surface area contributed by atoms with Crippen molar-refractivity contribution in [3.05, 3.63) is 98.7 Å². The molecule has 5 aromatic rings. The van der Waals surface area contributed by atoms with Crippen LogP contribution in [0.25, 0.3) is 10.6 Å². The molecule has 37 heavy (non-hydrogen) atoms. The molecular weight excluding hydrogens is 527 g/mol. The summed E-state index contributed by atoms with van der Waals surface area (Å²) in [5, 5.41) is 15.5. The second kappa shape index (κ2) is 10.7. The van der Waals surface area contributed by atoms with E-state index >= 15 is 0 Å². The summed E-state index contributed by atoms with van der Waals surface area (Å²) < 4.78 is 1.89. The molecule has 0 radical (unpaired) electrons. The minimum Gasteiger partial charge on any atom is -0.384 e. The lowest BCUT2D eigenvalue weighted by Gasteiger charge is -2.07. The number of thiazole rings is 1. The number of halogens is 2. The van der Waals surface area contributed by atoms with Crippen LogP contribution in [0.1, 0.15) is 21.7 Å². The third-order valence-corrected chi connectivity index (χ3v) is 7.28. The van der Waals surface area contributed by atoms with Crippen molar-refractivity contribution in [3.63, 3.8) is 0 Å². The number of nitrogens with two attached hydrogens (primary N) is 2. The van der Waals surface area contributed by atoms with Gasteiger partial charge in [-0.25, -0.2) is 9.97 Å². The number of hydrogen-bond acceptors (Lipinski definition) is 8. The minimum absolute atomic E-state index is 0.218. The average molecular weight is 549 g/mol. The molecule has 3 aromatic heterocycles. The number of pyridine rings is 1. The van der Waals surface area contributed by atoms with Gasteiger partial charge in [-0.2, -0.15) is 10.2 Å². The lowest BCUT2D eigenvalue weighted by Crippen LogP contribution is -2.01. The summed E-state index contributed by atoms with van der Waals surface area (Å²) in [6, 6.07) is 16.5. The molecule has 0 spiro atoms. The molecule has 11 heteroatoms. The van der Waals surface area contributed by atoms with E-state index in [1.165, 1.54) is 0 Å². The predicted octanol–water partition coefficient (Wildman–Crippen LogP) is 7.24. The Morgan fingerprint density at radius 2 is 1.65 bits per heavy atom. The normalized spacial score (nSPS) is 11.4. The van der Waals surface area contributed by atoms with Gasteiger partial charge in [-0.05, 0) is 60.5 Å². The highest BCUT2D eigenvalue weighted by molar-refractivity contribution is 7.15. The topological polar surface area (TPSA) is 120 Å². The van der Waals surface area contributed by atoms with Crippen molar-refractivity contribution in [3.8, 4) is 10.6 Å². The number of nitrogen functional groups attached to an aromatic ring is 2. The van der Waals surface area contributed by atoms with Crippen molar-refractivity contribution in [1.29, 1.82) is 0 Å². The van der Waals surface area contributed by atoms with Gasteiger partial charge in [0, 0.05) is 33.1 Å². The smallest absolute Gasteiger partial charge is 0.154 e. The highest BCUT2D eigenvalue weighted by atomic mass is 35.5. The van der Waals surface area contributed by atoms with E-state index in [1.54, 1.807) is 41.7 Å². The molecule has 3 heterocycles. The monoisotopic (exact) mass is 548 g/mol. The van der Waals surface area contributed by atoms with Gasteiger partial charge in [0.1, 0.15) is 16.5 Å². The lowest BCUT2D eigenvalue weighted by molar-refractivity contribution is 0.690. The van der Waals surface area contributed by atoms with Gasteiger partial charge in [-0.3, -0.25) is 4.68 Å². The van der Waals surface area contributed by atoms with Crippen molar-refractivity contribution < 1.29 is 0 Å². The summed E-state index contributed by atoms with van der Waals surface area (Å²) in [7, 11) is 0. The first-order valence-electron chi connectivity index (χ1n) is 11.3. The van der Waals surface area contributed by atoms with Crippen LogP contribution in [0.15, 0.2) is 77.2 Å². The van der Waals surface area contributed by atoms with Crippen LogP contribution in [0.3, 0.4) is 0 Å². The molecule has 5 rings (SSSR count). The standard InChI is InChI=1S/C26H22Cl2N8S/c1-15-22(37-26(32-15)17-2-4-19(27)5-3-17)14-36-13-16(12-31-36)10-18-11-23(29)33-25(30)24(18)35-34-21-8-6-20(28)7-9-21/h2-9,11-13H,10,14H2,1H3,(H4,29,30,33). The second-order valence-electron chi connectivity index (χ2n) is 8.37. The van der Waals surface area contributed by atoms with Gasteiger partial charge < -0.3 is 11.5 Å². The van der Waals surface area contributed by atoms with Gasteiger partial charge in [0.2, 0.25) is 0 Å². The first-order chi connectivity index (χ1) is 17.8. The number of rotatable bonds is 7. The van der Waals surface area contributed by atoms with E-state index in [0.717, 1.165) is 32.3 Å². The fourth-order valence-corrected chi connectivity index (χ4v) is 5.06. The Morgan fingerprint density at radius 1 is 0.946 bits per heavy atom. The quantitative estimate of drug-likeness (QED) is 0.207. The maximum atomic E-state index is 6.15. The summed E-state index contributed by atoms with van der Waals surface area (Å²) in [5.74, 6) is 0.537. The van der Waals surface area contributed by atoms with Gasteiger partial charge in [0.25, 0.3) is 0 Å². The predicted molar refractivity (Wildman–Crippen MR) is 150 cm³/mol. The molecule has 0 unspecified atom stereocenters. The Morgan fingerprint density at radius 3 is 2.38 bits per heavy atom. The molecular formula is C26H22Cl2N8S. The maximum Gasteiger partial charge on any atom is 0.154 e. The fraction of sp³-hybridized carbons (Fsp3) is 0.115. The number of hydrogen-bond donors (Lipinski definition) is 2. The van der Waals surface area contributed by atoms with E-state index in [-0.39, 0.29) is 5.82 Å². The van der Waals surface area contributed by atoms with E-state index in [4.69, 9.17) is 39.7 Å². The van der Waals surface area contributed by atoms with E-state index < -0.39 is 0 Å². The number of aryl methyl sites for hydroxylation is 1. The zero-order chi connectivity index (χ0) is 25.9. The summed E-state index contributed by atoms with van der Waals surface area (Å²) in [4.78, 5) is 10.0. The van der Waals surface area contributed by atoms with Crippen molar-refractivity contribution in [2.24, 2.45) is 10.2 Å². The molecule has 0 amide bonds. The van der Waals surface area contributed by atoms with Crippen LogP contribution >= 0.6 is 34.5 Å². The number of nitrogens with zero attached hydrogens (tertiary/aromatic N) is 6. The van der Waals surface area contributed by atoms with Crippen LogP contribution in [0, 0.1) is 6.92 Å². The van der Waals surface area contributed by atoms with Crippen LogP contribution in [-0.4, -0.2) is 19.7 Å². The van der Waals surface area contributed by atoms with Crippen molar-refractivity contribution >= 4 is 57.5 Å². The SMILES string of the molecule is Cc1nc(-c2ccc(Cl)cc2)sc1Cn1cc(Cc2cc(N)nc(N)c2N=Nc2ccc(Cl)cc2)cn1. The molecule has 0 aliphatic heterocycles. The molecule has 0 aliphatic rings. The molecule has 2 aromatic carbocycles. The van der Waals surface area contributed by atoms with E-state index in [1.807, 2.05) is 48.3 Å². The Hall–Kier alpha value is -3.79. The highest BCUT2D eigenvalue weighted by Crippen LogP contribution is 2.32. The van der Waals surface area contributed by atoms with Gasteiger partial charge in [0.15, 0.2) is 5.82 Å². The molecule has 0 fully saturated rings. The summed E-state index contributed by atoms with van der Waals surface area (Å²) >= 11 is 13.6. The van der Waals surface area contributed by atoms with Gasteiger partial charge in [0.05, 0.1) is 24.1 Å². The largest absolute Gasteiger partial charge is 0.384 e. The van der Waals surface area contributed by atoms with Gasteiger partial charge in [-0.15, -0.1) is 16.5 Å². The van der Waals surface area contributed by atoms with Crippen LogP contribution < -0.4 is 11.5 Å². The Bertz CT molecular complexity index is 1570. The van der Waals surface area contributed by atoms with E-state index in [9.17, 15) is 0 Å². The number of azo groups is 1. The fourth-order valence-electron chi connectivity index (χ4n) is 3.74. The lowest BCUT2D eigenvalue weighted by atomic mass is 10.1. The first kappa shape index (κ1) is 24.9. The number of anilines is 2. The van der Waals surface area contributed by atoms with Crippen molar-refractivity contribution in [1.82, 2.24) is 19.7 Å². The van der Waals surface area contributed by atoms with Crippen molar-refractivity contribution in [2.45, 2.75) is 19.9 Å².